The van der Waals surface area contributed by atoms with Crippen LogP contribution in [0.3, 0.4) is 0 Å². The molecule has 0 radical (unpaired) electrons. The summed E-state index contributed by atoms with van der Waals surface area (Å²) in [6.07, 6.45) is 1.45. The SMILES string of the molecule is CCNC(=O)CC[C@]1(Cc2ccccc2)C(=O)N(C)c2ccccc21. The molecule has 0 saturated carbocycles. The summed E-state index contributed by atoms with van der Waals surface area (Å²) in [6, 6.07) is 18.0. The Kier molecular flexibility index (Phi) is 4.88. The Hall–Kier alpha value is -2.62. The summed E-state index contributed by atoms with van der Waals surface area (Å²) < 4.78 is 0. The first-order valence-electron chi connectivity index (χ1n) is 8.77. The molecule has 1 atom stereocenters. The molecule has 0 bridgehead atoms. The predicted octanol–water partition coefficient (Wildman–Crippen LogP) is 3.06. The van der Waals surface area contributed by atoms with E-state index in [1.807, 2.05) is 68.6 Å². The smallest absolute Gasteiger partial charge is 0.237 e. The van der Waals surface area contributed by atoms with Gasteiger partial charge in [-0.15, -0.1) is 0 Å². The third-order valence-corrected chi connectivity index (χ3v) is 5.00. The molecule has 2 aromatic carbocycles. The Morgan fingerprint density at radius 1 is 1.08 bits per heavy atom. The zero-order valence-corrected chi connectivity index (χ0v) is 14.8. The Morgan fingerprint density at radius 3 is 2.48 bits per heavy atom. The Labute approximate surface area is 148 Å². The molecule has 1 aliphatic heterocycles. The van der Waals surface area contributed by atoms with Crippen LogP contribution in [0.25, 0.3) is 0 Å². The number of para-hydroxylation sites is 1. The molecule has 0 spiro atoms. The molecule has 0 fully saturated rings. The zero-order chi connectivity index (χ0) is 17.9. The van der Waals surface area contributed by atoms with Gasteiger partial charge in [0, 0.05) is 25.7 Å². The molecule has 3 rings (SSSR count). The Morgan fingerprint density at radius 2 is 1.76 bits per heavy atom. The standard InChI is InChI=1S/C21H24N2O2/c1-3-22-19(24)13-14-21(15-16-9-5-4-6-10-16)17-11-7-8-12-18(17)23(2)20(21)25/h4-12H,3,13-15H2,1-2H3,(H,22,24)/t21-/m1/s1. The molecule has 1 N–H and O–H groups in total. The van der Waals surface area contributed by atoms with E-state index < -0.39 is 5.41 Å². The van der Waals surface area contributed by atoms with Gasteiger partial charge in [-0.05, 0) is 37.0 Å². The van der Waals surface area contributed by atoms with Crippen molar-refractivity contribution in [3.63, 3.8) is 0 Å². The maximum atomic E-state index is 13.3. The minimum atomic E-state index is -0.683. The number of hydrogen-bond donors (Lipinski definition) is 1. The minimum Gasteiger partial charge on any atom is -0.356 e. The lowest BCUT2D eigenvalue weighted by molar-refractivity contribution is -0.124. The van der Waals surface area contributed by atoms with E-state index in [9.17, 15) is 9.59 Å². The molecule has 1 aliphatic rings. The van der Waals surface area contributed by atoms with Crippen molar-refractivity contribution in [2.45, 2.75) is 31.6 Å². The number of carbonyl (C=O) groups excluding carboxylic acids is 2. The van der Waals surface area contributed by atoms with Crippen LogP contribution in [-0.4, -0.2) is 25.4 Å². The molecular formula is C21H24N2O2. The predicted molar refractivity (Wildman–Crippen MR) is 99.6 cm³/mol. The van der Waals surface area contributed by atoms with E-state index in [-0.39, 0.29) is 11.8 Å². The highest BCUT2D eigenvalue weighted by Gasteiger charge is 2.49. The number of anilines is 1. The van der Waals surface area contributed by atoms with Gasteiger partial charge < -0.3 is 10.2 Å². The van der Waals surface area contributed by atoms with E-state index >= 15 is 0 Å². The molecule has 4 heteroatoms. The summed E-state index contributed by atoms with van der Waals surface area (Å²) in [5.41, 5.74) is 2.39. The molecule has 0 aliphatic carbocycles. The van der Waals surface area contributed by atoms with Crippen molar-refractivity contribution in [2.75, 3.05) is 18.5 Å². The highest BCUT2D eigenvalue weighted by molar-refractivity contribution is 6.08. The summed E-state index contributed by atoms with van der Waals surface area (Å²) >= 11 is 0. The summed E-state index contributed by atoms with van der Waals surface area (Å²) in [5.74, 6) is 0.0663. The number of carbonyl (C=O) groups is 2. The fourth-order valence-corrected chi connectivity index (χ4v) is 3.77. The van der Waals surface area contributed by atoms with Crippen LogP contribution < -0.4 is 10.2 Å². The second-order valence-electron chi connectivity index (χ2n) is 6.58. The Balaban J connectivity index is 2.00. The number of nitrogens with zero attached hydrogens (tertiary/aromatic N) is 1. The first-order chi connectivity index (χ1) is 12.1. The number of fused-ring (bicyclic) bond motifs is 1. The fourth-order valence-electron chi connectivity index (χ4n) is 3.77. The van der Waals surface area contributed by atoms with Gasteiger partial charge in [-0.1, -0.05) is 48.5 Å². The number of hydrogen-bond acceptors (Lipinski definition) is 2. The average Bonchev–Trinajstić information content (AvgIpc) is 2.84. The quantitative estimate of drug-likeness (QED) is 0.881. The van der Waals surface area contributed by atoms with Crippen LogP contribution in [0.4, 0.5) is 5.69 Å². The number of benzene rings is 2. The van der Waals surface area contributed by atoms with Crippen molar-refractivity contribution in [3.05, 3.63) is 65.7 Å². The van der Waals surface area contributed by atoms with Crippen LogP contribution in [0.2, 0.25) is 0 Å². The fraction of sp³-hybridized carbons (Fsp3) is 0.333. The van der Waals surface area contributed by atoms with Crippen molar-refractivity contribution in [1.29, 1.82) is 0 Å². The van der Waals surface area contributed by atoms with Crippen LogP contribution in [0.1, 0.15) is 30.9 Å². The molecule has 1 heterocycles. The largest absolute Gasteiger partial charge is 0.356 e. The zero-order valence-electron chi connectivity index (χ0n) is 14.8. The van der Waals surface area contributed by atoms with Gasteiger partial charge in [0.05, 0.1) is 5.41 Å². The lowest BCUT2D eigenvalue weighted by Gasteiger charge is -2.28. The summed E-state index contributed by atoms with van der Waals surface area (Å²) in [6.45, 7) is 2.51. The van der Waals surface area contributed by atoms with Gasteiger partial charge in [0.25, 0.3) is 0 Å². The van der Waals surface area contributed by atoms with E-state index in [0.29, 0.717) is 25.8 Å². The number of likely N-dealkylation sites (N-methyl/N-ethyl adjacent to an activating group) is 1. The van der Waals surface area contributed by atoms with Crippen LogP contribution in [-0.2, 0) is 21.4 Å². The second kappa shape index (κ2) is 7.09. The Bertz CT molecular complexity index is 772. The van der Waals surface area contributed by atoms with Gasteiger partial charge >= 0.3 is 0 Å². The first kappa shape index (κ1) is 17.2. The van der Waals surface area contributed by atoms with Gasteiger partial charge in [-0.2, -0.15) is 0 Å². The second-order valence-corrected chi connectivity index (χ2v) is 6.58. The van der Waals surface area contributed by atoms with Crippen molar-refractivity contribution in [1.82, 2.24) is 5.32 Å². The van der Waals surface area contributed by atoms with E-state index in [0.717, 1.165) is 16.8 Å². The molecule has 0 saturated heterocycles. The molecule has 0 aromatic heterocycles. The lowest BCUT2D eigenvalue weighted by atomic mass is 9.73. The molecule has 4 nitrogen and oxygen atoms in total. The van der Waals surface area contributed by atoms with E-state index in [2.05, 4.69) is 5.32 Å². The maximum absolute atomic E-state index is 13.3. The maximum Gasteiger partial charge on any atom is 0.237 e. The minimum absolute atomic E-state index is 0.00484. The topological polar surface area (TPSA) is 49.4 Å². The highest BCUT2D eigenvalue weighted by atomic mass is 16.2. The van der Waals surface area contributed by atoms with Crippen molar-refractivity contribution < 1.29 is 9.59 Å². The summed E-state index contributed by atoms with van der Waals surface area (Å²) in [4.78, 5) is 27.0. The molecular weight excluding hydrogens is 312 g/mol. The lowest BCUT2D eigenvalue weighted by Crippen LogP contribution is -2.41. The molecule has 25 heavy (non-hydrogen) atoms. The highest BCUT2D eigenvalue weighted by Crippen LogP contribution is 2.46. The third kappa shape index (κ3) is 3.16. The molecule has 0 unspecified atom stereocenters. The van der Waals surface area contributed by atoms with Gasteiger partial charge in [0.1, 0.15) is 0 Å². The number of nitrogens with one attached hydrogen (secondary N) is 1. The van der Waals surface area contributed by atoms with Crippen LogP contribution in [0.15, 0.2) is 54.6 Å². The van der Waals surface area contributed by atoms with Crippen molar-refractivity contribution >= 4 is 17.5 Å². The van der Waals surface area contributed by atoms with Crippen LogP contribution in [0, 0.1) is 0 Å². The normalized spacial score (nSPS) is 19.0. The van der Waals surface area contributed by atoms with E-state index in [1.54, 1.807) is 4.90 Å². The summed E-state index contributed by atoms with van der Waals surface area (Å²) in [5, 5.41) is 2.84. The van der Waals surface area contributed by atoms with Gasteiger partial charge in [-0.25, -0.2) is 0 Å². The number of rotatable bonds is 6. The number of amides is 2. The van der Waals surface area contributed by atoms with Crippen LogP contribution in [0.5, 0.6) is 0 Å². The molecule has 2 amide bonds. The molecule has 130 valence electrons. The monoisotopic (exact) mass is 336 g/mol. The first-order valence-corrected chi connectivity index (χ1v) is 8.77. The van der Waals surface area contributed by atoms with Gasteiger partial charge in [0.15, 0.2) is 0 Å². The van der Waals surface area contributed by atoms with Crippen molar-refractivity contribution in [3.8, 4) is 0 Å². The van der Waals surface area contributed by atoms with Crippen LogP contribution >= 0.6 is 0 Å². The average molecular weight is 336 g/mol. The van der Waals surface area contributed by atoms with Gasteiger partial charge in [-0.3, -0.25) is 9.59 Å². The van der Waals surface area contributed by atoms with E-state index in [4.69, 9.17) is 0 Å². The third-order valence-electron chi connectivity index (χ3n) is 5.00. The summed E-state index contributed by atoms with van der Waals surface area (Å²) in [7, 11) is 1.82. The van der Waals surface area contributed by atoms with Crippen molar-refractivity contribution in [2.24, 2.45) is 0 Å². The molecule has 2 aromatic rings. The van der Waals surface area contributed by atoms with E-state index in [1.165, 1.54) is 0 Å². The van der Waals surface area contributed by atoms with Gasteiger partial charge in [0.2, 0.25) is 11.8 Å².